The van der Waals surface area contributed by atoms with Crippen molar-refractivity contribution in [3.05, 3.63) is 51.4 Å². The van der Waals surface area contributed by atoms with E-state index in [1.807, 2.05) is 10.9 Å². The van der Waals surface area contributed by atoms with Crippen LogP contribution in [-0.2, 0) is 13.1 Å². The van der Waals surface area contributed by atoms with E-state index < -0.39 is 0 Å². The summed E-state index contributed by atoms with van der Waals surface area (Å²) in [6.45, 7) is 6.08. The van der Waals surface area contributed by atoms with E-state index in [1.165, 1.54) is 14.7 Å². The van der Waals surface area contributed by atoms with Crippen LogP contribution < -0.4 is 5.32 Å². The van der Waals surface area contributed by atoms with Gasteiger partial charge in [-0.15, -0.1) is 0 Å². The normalized spacial score (nSPS) is 11.1. The summed E-state index contributed by atoms with van der Waals surface area (Å²) in [6, 6.07) is 9.23. The van der Waals surface area contributed by atoms with Crippen molar-refractivity contribution in [2.45, 2.75) is 33.0 Å². The maximum absolute atomic E-state index is 4.29. The SMILES string of the molecule is CC(C)NCc1ccc(Cn2cc(I)cn2)cc1. The molecular weight excluding hydrogens is 337 g/mol. The predicted octanol–water partition coefficient (Wildman–Crippen LogP) is 3.03. The molecule has 0 saturated carbocycles. The predicted molar refractivity (Wildman–Crippen MR) is 82.5 cm³/mol. The van der Waals surface area contributed by atoms with E-state index in [2.05, 4.69) is 77.3 Å². The van der Waals surface area contributed by atoms with Crippen LogP contribution in [0.25, 0.3) is 0 Å². The van der Waals surface area contributed by atoms with Crippen molar-refractivity contribution in [1.82, 2.24) is 15.1 Å². The van der Waals surface area contributed by atoms with Gasteiger partial charge in [-0.1, -0.05) is 38.1 Å². The van der Waals surface area contributed by atoms with Crippen LogP contribution in [0.1, 0.15) is 25.0 Å². The summed E-state index contributed by atoms with van der Waals surface area (Å²) in [7, 11) is 0. The maximum atomic E-state index is 4.29. The molecule has 0 radical (unpaired) electrons. The van der Waals surface area contributed by atoms with Gasteiger partial charge in [0.05, 0.1) is 16.3 Å². The molecular formula is C14H18IN3. The zero-order valence-corrected chi connectivity index (χ0v) is 12.9. The smallest absolute Gasteiger partial charge is 0.0659 e. The average Bonchev–Trinajstić information content (AvgIpc) is 2.74. The molecule has 0 aliphatic heterocycles. The molecule has 0 aliphatic rings. The lowest BCUT2D eigenvalue weighted by Crippen LogP contribution is -2.21. The van der Waals surface area contributed by atoms with Crippen molar-refractivity contribution in [2.24, 2.45) is 0 Å². The molecule has 0 aliphatic carbocycles. The van der Waals surface area contributed by atoms with Crippen LogP contribution in [0.5, 0.6) is 0 Å². The van der Waals surface area contributed by atoms with Crippen molar-refractivity contribution in [3.63, 3.8) is 0 Å². The molecule has 3 nitrogen and oxygen atoms in total. The van der Waals surface area contributed by atoms with E-state index in [0.29, 0.717) is 6.04 Å². The summed E-state index contributed by atoms with van der Waals surface area (Å²) in [6.07, 6.45) is 3.93. The third kappa shape index (κ3) is 4.10. The number of hydrogen-bond donors (Lipinski definition) is 1. The Labute approximate surface area is 122 Å². The monoisotopic (exact) mass is 355 g/mol. The molecule has 0 unspecified atom stereocenters. The second kappa shape index (κ2) is 6.33. The highest BCUT2D eigenvalue weighted by atomic mass is 127. The minimum Gasteiger partial charge on any atom is -0.310 e. The fourth-order valence-corrected chi connectivity index (χ4v) is 2.14. The second-order valence-corrected chi connectivity index (χ2v) is 5.95. The first-order valence-electron chi connectivity index (χ1n) is 6.12. The fourth-order valence-electron chi connectivity index (χ4n) is 1.70. The molecule has 0 bridgehead atoms. The first-order valence-corrected chi connectivity index (χ1v) is 7.20. The minimum atomic E-state index is 0.524. The van der Waals surface area contributed by atoms with Gasteiger partial charge in [-0.05, 0) is 33.7 Å². The van der Waals surface area contributed by atoms with Gasteiger partial charge in [-0.2, -0.15) is 5.10 Å². The molecule has 1 N–H and O–H groups in total. The molecule has 0 saturated heterocycles. The lowest BCUT2D eigenvalue weighted by Gasteiger charge is -2.08. The Morgan fingerprint density at radius 3 is 2.44 bits per heavy atom. The lowest BCUT2D eigenvalue weighted by atomic mass is 10.1. The molecule has 2 rings (SSSR count). The number of rotatable bonds is 5. The number of nitrogens with one attached hydrogen (secondary N) is 1. The van der Waals surface area contributed by atoms with Crippen molar-refractivity contribution in [3.8, 4) is 0 Å². The molecule has 1 aromatic carbocycles. The van der Waals surface area contributed by atoms with E-state index in [1.54, 1.807) is 0 Å². The molecule has 18 heavy (non-hydrogen) atoms. The third-order valence-corrected chi connectivity index (χ3v) is 3.24. The maximum Gasteiger partial charge on any atom is 0.0659 e. The number of aromatic nitrogens is 2. The van der Waals surface area contributed by atoms with Crippen LogP contribution in [-0.4, -0.2) is 15.8 Å². The van der Waals surface area contributed by atoms with Crippen molar-refractivity contribution < 1.29 is 0 Å². The van der Waals surface area contributed by atoms with Gasteiger partial charge in [0, 0.05) is 18.8 Å². The number of nitrogens with zero attached hydrogens (tertiary/aromatic N) is 2. The van der Waals surface area contributed by atoms with E-state index in [4.69, 9.17) is 0 Å². The second-order valence-electron chi connectivity index (χ2n) is 4.71. The largest absolute Gasteiger partial charge is 0.310 e. The Kier molecular flexibility index (Phi) is 4.77. The Bertz CT molecular complexity index is 488. The first-order chi connectivity index (χ1) is 8.63. The van der Waals surface area contributed by atoms with E-state index in [0.717, 1.165) is 13.1 Å². The Balaban J connectivity index is 1.95. The van der Waals surface area contributed by atoms with Gasteiger partial charge < -0.3 is 5.32 Å². The average molecular weight is 355 g/mol. The van der Waals surface area contributed by atoms with Crippen LogP contribution in [0.15, 0.2) is 36.7 Å². The standard InChI is InChI=1S/C14H18IN3/c1-11(2)16-7-12-3-5-13(6-4-12)9-18-10-14(15)8-17-18/h3-6,8,10-11,16H,7,9H2,1-2H3. The van der Waals surface area contributed by atoms with E-state index >= 15 is 0 Å². The summed E-state index contributed by atoms with van der Waals surface area (Å²) in [5, 5.41) is 7.71. The first kappa shape index (κ1) is 13.5. The Morgan fingerprint density at radius 1 is 1.22 bits per heavy atom. The summed E-state index contributed by atoms with van der Waals surface area (Å²) < 4.78 is 3.13. The highest BCUT2D eigenvalue weighted by molar-refractivity contribution is 14.1. The van der Waals surface area contributed by atoms with Crippen LogP contribution in [0.4, 0.5) is 0 Å². The van der Waals surface area contributed by atoms with Crippen LogP contribution >= 0.6 is 22.6 Å². The molecule has 1 aromatic heterocycles. The summed E-state index contributed by atoms with van der Waals surface area (Å²) in [5.41, 5.74) is 2.60. The zero-order valence-electron chi connectivity index (χ0n) is 10.7. The Morgan fingerprint density at radius 2 is 1.89 bits per heavy atom. The topological polar surface area (TPSA) is 29.9 Å². The van der Waals surface area contributed by atoms with Crippen LogP contribution in [0, 0.1) is 3.57 Å². The van der Waals surface area contributed by atoms with Crippen molar-refractivity contribution >= 4 is 22.6 Å². The van der Waals surface area contributed by atoms with Crippen LogP contribution in [0.3, 0.4) is 0 Å². The molecule has 96 valence electrons. The van der Waals surface area contributed by atoms with Gasteiger partial charge in [0.2, 0.25) is 0 Å². The zero-order chi connectivity index (χ0) is 13.0. The molecule has 0 fully saturated rings. The number of hydrogen-bond acceptors (Lipinski definition) is 2. The van der Waals surface area contributed by atoms with Crippen LogP contribution in [0.2, 0.25) is 0 Å². The minimum absolute atomic E-state index is 0.524. The van der Waals surface area contributed by atoms with E-state index in [9.17, 15) is 0 Å². The van der Waals surface area contributed by atoms with Gasteiger partial charge in [0.15, 0.2) is 0 Å². The summed E-state index contributed by atoms with van der Waals surface area (Å²) in [5.74, 6) is 0. The Hall–Kier alpha value is -0.880. The highest BCUT2D eigenvalue weighted by Crippen LogP contribution is 2.08. The van der Waals surface area contributed by atoms with Crippen molar-refractivity contribution in [2.75, 3.05) is 0 Å². The lowest BCUT2D eigenvalue weighted by molar-refractivity contribution is 0.588. The third-order valence-electron chi connectivity index (χ3n) is 2.68. The summed E-state index contributed by atoms with van der Waals surface area (Å²) >= 11 is 2.27. The van der Waals surface area contributed by atoms with Gasteiger partial charge in [0.25, 0.3) is 0 Å². The molecule has 0 spiro atoms. The molecule has 2 aromatic rings. The fraction of sp³-hybridized carbons (Fsp3) is 0.357. The molecule has 4 heteroatoms. The van der Waals surface area contributed by atoms with Gasteiger partial charge in [-0.25, -0.2) is 0 Å². The molecule has 1 heterocycles. The van der Waals surface area contributed by atoms with Gasteiger partial charge in [-0.3, -0.25) is 4.68 Å². The molecule has 0 atom stereocenters. The molecule has 0 amide bonds. The highest BCUT2D eigenvalue weighted by Gasteiger charge is 1.99. The van der Waals surface area contributed by atoms with Crippen molar-refractivity contribution in [1.29, 1.82) is 0 Å². The summed E-state index contributed by atoms with van der Waals surface area (Å²) in [4.78, 5) is 0. The van der Waals surface area contributed by atoms with Gasteiger partial charge >= 0.3 is 0 Å². The number of benzene rings is 1. The quantitative estimate of drug-likeness (QED) is 0.836. The van der Waals surface area contributed by atoms with Gasteiger partial charge in [0.1, 0.15) is 0 Å². The van der Waals surface area contributed by atoms with E-state index in [-0.39, 0.29) is 0 Å². The number of halogens is 1.